The lowest BCUT2D eigenvalue weighted by molar-refractivity contribution is 0.195. The molecule has 0 aromatic rings. The minimum Gasteiger partial charge on any atom is -0.314 e. The number of nitrogens with one attached hydrogen (secondary N) is 1. The number of hydrogen-bond acceptors (Lipinski definition) is 1. The van der Waals surface area contributed by atoms with E-state index in [2.05, 4.69) is 19.2 Å². The summed E-state index contributed by atoms with van der Waals surface area (Å²) in [6.07, 6.45) is 11.9. The van der Waals surface area contributed by atoms with Crippen LogP contribution in [-0.2, 0) is 0 Å². The van der Waals surface area contributed by atoms with Crippen molar-refractivity contribution in [1.82, 2.24) is 5.32 Å². The average molecular weight is 235 g/mol. The van der Waals surface area contributed by atoms with Crippen molar-refractivity contribution < 1.29 is 0 Å². The Kier molecular flexibility index (Phi) is 3.23. The molecule has 2 bridgehead atoms. The van der Waals surface area contributed by atoms with Gasteiger partial charge in [-0.2, -0.15) is 0 Å². The maximum absolute atomic E-state index is 3.67. The SMILES string of the molecule is CC(C)(CCNC1CC1)CC1CC2CCC1C2. The molecule has 17 heavy (non-hydrogen) atoms. The summed E-state index contributed by atoms with van der Waals surface area (Å²) in [5.41, 5.74) is 0.567. The Bertz CT molecular complexity index is 267. The Labute approximate surface area is 107 Å². The summed E-state index contributed by atoms with van der Waals surface area (Å²) < 4.78 is 0. The molecular weight excluding hydrogens is 206 g/mol. The van der Waals surface area contributed by atoms with Crippen molar-refractivity contribution in [2.75, 3.05) is 6.54 Å². The number of rotatable bonds is 6. The van der Waals surface area contributed by atoms with Gasteiger partial charge in [0, 0.05) is 6.04 Å². The molecule has 1 nitrogen and oxygen atoms in total. The van der Waals surface area contributed by atoms with Gasteiger partial charge in [0.25, 0.3) is 0 Å². The summed E-state index contributed by atoms with van der Waals surface area (Å²) in [4.78, 5) is 0. The molecule has 1 heteroatoms. The summed E-state index contributed by atoms with van der Waals surface area (Å²) >= 11 is 0. The third-order valence-electron chi connectivity index (χ3n) is 5.51. The highest BCUT2D eigenvalue weighted by atomic mass is 14.9. The minimum atomic E-state index is 0.567. The molecule has 0 aromatic heterocycles. The van der Waals surface area contributed by atoms with Crippen molar-refractivity contribution in [3.63, 3.8) is 0 Å². The predicted octanol–water partition coefficient (Wildman–Crippen LogP) is 3.98. The molecule has 3 saturated carbocycles. The Morgan fingerprint density at radius 3 is 2.47 bits per heavy atom. The van der Waals surface area contributed by atoms with Gasteiger partial charge in [0.15, 0.2) is 0 Å². The number of hydrogen-bond donors (Lipinski definition) is 1. The zero-order valence-corrected chi connectivity index (χ0v) is 11.7. The van der Waals surface area contributed by atoms with E-state index in [1.165, 1.54) is 32.2 Å². The molecule has 3 unspecified atom stereocenters. The van der Waals surface area contributed by atoms with Gasteiger partial charge in [-0.05, 0) is 74.7 Å². The highest BCUT2D eigenvalue weighted by Crippen LogP contribution is 2.52. The maximum atomic E-state index is 3.67. The van der Waals surface area contributed by atoms with Crippen LogP contribution >= 0.6 is 0 Å². The molecule has 0 amide bonds. The molecular formula is C16H29N. The standard InChI is InChI=1S/C16H29N/c1-16(2,7-8-17-15-5-6-15)11-14-10-12-3-4-13(14)9-12/h12-15,17H,3-11H2,1-2H3. The first-order valence-electron chi connectivity index (χ1n) is 7.86. The molecule has 3 atom stereocenters. The first-order valence-corrected chi connectivity index (χ1v) is 7.86. The van der Waals surface area contributed by atoms with Crippen LogP contribution in [-0.4, -0.2) is 12.6 Å². The van der Waals surface area contributed by atoms with Crippen LogP contribution < -0.4 is 5.32 Å². The fourth-order valence-electron chi connectivity index (χ4n) is 4.34. The smallest absolute Gasteiger partial charge is 0.00682 e. The lowest BCUT2D eigenvalue weighted by Gasteiger charge is -2.32. The normalized spacial score (nSPS) is 36.7. The molecule has 0 saturated heterocycles. The molecule has 0 radical (unpaired) electrons. The molecule has 98 valence electrons. The molecule has 0 aliphatic heterocycles. The second-order valence-corrected chi connectivity index (χ2v) is 7.78. The molecule has 0 heterocycles. The lowest BCUT2D eigenvalue weighted by atomic mass is 9.74. The zero-order chi connectivity index (χ0) is 11.9. The summed E-state index contributed by atoms with van der Waals surface area (Å²) in [5.74, 6) is 3.30. The first-order chi connectivity index (χ1) is 8.12. The second kappa shape index (κ2) is 4.57. The van der Waals surface area contributed by atoms with Crippen LogP contribution in [0.25, 0.3) is 0 Å². The Morgan fingerprint density at radius 2 is 1.88 bits per heavy atom. The fraction of sp³-hybridized carbons (Fsp3) is 1.00. The monoisotopic (exact) mass is 235 g/mol. The zero-order valence-electron chi connectivity index (χ0n) is 11.7. The van der Waals surface area contributed by atoms with E-state index in [1.54, 1.807) is 25.7 Å². The van der Waals surface area contributed by atoms with Crippen molar-refractivity contribution in [3.05, 3.63) is 0 Å². The van der Waals surface area contributed by atoms with Crippen LogP contribution in [0.15, 0.2) is 0 Å². The van der Waals surface area contributed by atoms with Crippen molar-refractivity contribution in [1.29, 1.82) is 0 Å². The first kappa shape index (κ1) is 12.0. The van der Waals surface area contributed by atoms with E-state index < -0.39 is 0 Å². The number of fused-ring (bicyclic) bond motifs is 2. The molecule has 1 N–H and O–H groups in total. The van der Waals surface area contributed by atoms with Crippen molar-refractivity contribution >= 4 is 0 Å². The van der Waals surface area contributed by atoms with E-state index in [9.17, 15) is 0 Å². The van der Waals surface area contributed by atoms with Gasteiger partial charge in [0.1, 0.15) is 0 Å². The van der Waals surface area contributed by atoms with E-state index in [0.717, 1.165) is 23.8 Å². The highest BCUT2D eigenvalue weighted by Gasteiger charge is 2.41. The third-order valence-corrected chi connectivity index (χ3v) is 5.51. The fourth-order valence-corrected chi connectivity index (χ4v) is 4.34. The topological polar surface area (TPSA) is 12.0 Å². The Hall–Kier alpha value is -0.0400. The van der Waals surface area contributed by atoms with E-state index >= 15 is 0 Å². The quantitative estimate of drug-likeness (QED) is 0.734. The molecule has 0 aromatic carbocycles. The van der Waals surface area contributed by atoms with Gasteiger partial charge >= 0.3 is 0 Å². The summed E-state index contributed by atoms with van der Waals surface area (Å²) in [7, 11) is 0. The maximum Gasteiger partial charge on any atom is 0.00682 e. The van der Waals surface area contributed by atoms with Gasteiger partial charge in [0.05, 0.1) is 0 Å². The van der Waals surface area contributed by atoms with Gasteiger partial charge < -0.3 is 5.32 Å². The van der Waals surface area contributed by atoms with Crippen LogP contribution in [0.1, 0.15) is 65.2 Å². The molecule has 3 rings (SSSR count). The van der Waals surface area contributed by atoms with Crippen LogP contribution in [0.2, 0.25) is 0 Å². The Balaban J connectivity index is 1.42. The van der Waals surface area contributed by atoms with Gasteiger partial charge in [-0.25, -0.2) is 0 Å². The molecule has 0 spiro atoms. The van der Waals surface area contributed by atoms with Crippen molar-refractivity contribution in [2.24, 2.45) is 23.2 Å². The van der Waals surface area contributed by atoms with Crippen molar-refractivity contribution in [3.8, 4) is 0 Å². The molecule has 3 fully saturated rings. The van der Waals surface area contributed by atoms with Gasteiger partial charge in [-0.15, -0.1) is 0 Å². The lowest BCUT2D eigenvalue weighted by Crippen LogP contribution is -2.27. The van der Waals surface area contributed by atoms with E-state index in [0.29, 0.717) is 5.41 Å². The molecule has 3 aliphatic carbocycles. The summed E-state index contributed by atoms with van der Waals surface area (Å²) in [6.45, 7) is 6.24. The predicted molar refractivity (Wildman–Crippen MR) is 73.0 cm³/mol. The van der Waals surface area contributed by atoms with E-state index in [1.807, 2.05) is 0 Å². The third kappa shape index (κ3) is 3.05. The van der Waals surface area contributed by atoms with Gasteiger partial charge in [0.2, 0.25) is 0 Å². The highest BCUT2D eigenvalue weighted by molar-refractivity contribution is 4.92. The van der Waals surface area contributed by atoms with E-state index in [4.69, 9.17) is 0 Å². The molecule has 3 aliphatic rings. The van der Waals surface area contributed by atoms with Crippen LogP contribution in [0.5, 0.6) is 0 Å². The van der Waals surface area contributed by atoms with Crippen molar-refractivity contribution in [2.45, 2.75) is 71.3 Å². The largest absolute Gasteiger partial charge is 0.314 e. The summed E-state index contributed by atoms with van der Waals surface area (Å²) in [5, 5.41) is 3.67. The Morgan fingerprint density at radius 1 is 1.06 bits per heavy atom. The van der Waals surface area contributed by atoms with Gasteiger partial charge in [-0.3, -0.25) is 0 Å². The minimum absolute atomic E-state index is 0.567. The second-order valence-electron chi connectivity index (χ2n) is 7.78. The van der Waals surface area contributed by atoms with Crippen LogP contribution in [0.3, 0.4) is 0 Å². The van der Waals surface area contributed by atoms with Crippen LogP contribution in [0, 0.1) is 23.2 Å². The van der Waals surface area contributed by atoms with E-state index in [-0.39, 0.29) is 0 Å². The summed E-state index contributed by atoms with van der Waals surface area (Å²) in [6, 6.07) is 0.883. The average Bonchev–Trinajstić information content (AvgIpc) is 2.85. The van der Waals surface area contributed by atoms with Crippen LogP contribution in [0.4, 0.5) is 0 Å². The van der Waals surface area contributed by atoms with Gasteiger partial charge in [-0.1, -0.05) is 20.3 Å².